The van der Waals surface area contributed by atoms with Gasteiger partial charge in [-0.15, -0.1) is 0 Å². The highest BCUT2D eigenvalue weighted by atomic mass is 32.2. The molecule has 0 bridgehead atoms. The maximum Gasteiger partial charge on any atom is 0.269 e. The first-order valence-electron chi connectivity index (χ1n) is 5.53. The first-order chi connectivity index (χ1) is 9.31. The third-order valence-electron chi connectivity index (χ3n) is 2.38. The Morgan fingerprint density at radius 3 is 2.65 bits per heavy atom. The fourth-order valence-corrected chi connectivity index (χ4v) is 2.61. The van der Waals surface area contributed by atoms with Gasteiger partial charge in [-0.1, -0.05) is 0 Å². The van der Waals surface area contributed by atoms with E-state index in [1.807, 2.05) is 0 Å². The van der Waals surface area contributed by atoms with Gasteiger partial charge in [-0.05, 0) is 6.92 Å². The van der Waals surface area contributed by atoms with Crippen molar-refractivity contribution in [3.8, 4) is 5.88 Å². The number of nitrogen functional groups attached to an aromatic ring is 1. The summed E-state index contributed by atoms with van der Waals surface area (Å²) in [6.45, 7) is 1.69. The van der Waals surface area contributed by atoms with Gasteiger partial charge < -0.3 is 10.5 Å². The van der Waals surface area contributed by atoms with Gasteiger partial charge in [0.15, 0.2) is 5.82 Å². The largest absolute Gasteiger partial charge is 0.481 e. The van der Waals surface area contributed by atoms with Crippen molar-refractivity contribution in [3.63, 3.8) is 0 Å². The van der Waals surface area contributed by atoms with Gasteiger partial charge in [-0.25, -0.2) is 18.1 Å². The van der Waals surface area contributed by atoms with Crippen molar-refractivity contribution in [1.82, 2.24) is 19.7 Å². The maximum absolute atomic E-state index is 12.2. The van der Waals surface area contributed by atoms with Gasteiger partial charge in [0.2, 0.25) is 11.8 Å². The van der Waals surface area contributed by atoms with Gasteiger partial charge in [-0.2, -0.15) is 10.1 Å². The van der Waals surface area contributed by atoms with Crippen LogP contribution in [0.25, 0.3) is 0 Å². The minimum atomic E-state index is -3.90. The predicted octanol–water partition coefficient (Wildman–Crippen LogP) is -0.0899. The minimum absolute atomic E-state index is 0.0925. The fraction of sp³-hybridized carbons (Fsp3) is 0.300. The summed E-state index contributed by atoms with van der Waals surface area (Å²) in [6, 6.07) is 1.58. The van der Waals surface area contributed by atoms with Crippen LogP contribution in [0.3, 0.4) is 0 Å². The summed E-state index contributed by atoms with van der Waals surface area (Å²) in [5, 5.41) is 3.78. The molecule has 0 radical (unpaired) electrons. The number of ether oxygens (including phenoxy) is 1. The summed E-state index contributed by atoms with van der Waals surface area (Å²) in [7, 11) is -0.903. The zero-order chi connectivity index (χ0) is 14.9. The lowest BCUT2D eigenvalue weighted by Crippen LogP contribution is -2.16. The number of hydrogen-bond donors (Lipinski definition) is 2. The Morgan fingerprint density at radius 2 is 2.10 bits per heavy atom. The number of aromatic nitrogens is 4. The number of nitrogens with zero attached hydrogens (tertiary/aromatic N) is 4. The van der Waals surface area contributed by atoms with E-state index in [-0.39, 0.29) is 22.5 Å². The molecule has 0 saturated heterocycles. The Hall–Kier alpha value is -2.36. The third-order valence-corrected chi connectivity index (χ3v) is 3.72. The molecular weight excluding hydrogens is 284 g/mol. The zero-order valence-electron chi connectivity index (χ0n) is 11.2. The SMILES string of the molecule is COc1cc(C)nc(NS(=O)(=O)c2cn(C)nc2N)n1. The number of rotatable bonds is 4. The lowest BCUT2D eigenvalue weighted by atomic mass is 10.4. The molecule has 3 N–H and O–H groups in total. The highest BCUT2D eigenvalue weighted by Crippen LogP contribution is 2.19. The summed E-state index contributed by atoms with van der Waals surface area (Å²) in [6.07, 6.45) is 1.30. The number of aryl methyl sites for hydroxylation is 2. The van der Waals surface area contributed by atoms with Crippen LogP contribution in [0.4, 0.5) is 11.8 Å². The van der Waals surface area contributed by atoms with Crippen LogP contribution in [-0.2, 0) is 17.1 Å². The number of methoxy groups -OCH3 is 1. The molecule has 9 nitrogen and oxygen atoms in total. The highest BCUT2D eigenvalue weighted by molar-refractivity contribution is 7.92. The fourth-order valence-electron chi connectivity index (χ4n) is 1.56. The number of nitrogens with one attached hydrogen (secondary N) is 1. The van der Waals surface area contributed by atoms with E-state index >= 15 is 0 Å². The highest BCUT2D eigenvalue weighted by Gasteiger charge is 2.22. The molecule has 2 heterocycles. The van der Waals surface area contributed by atoms with E-state index in [0.717, 1.165) is 0 Å². The number of sulfonamides is 1. The van der Waals surface area contributed by atoms with Crippen LogP contribution in [0, 0.1) is 6.92 Å². The Bertz CT molecular complexity index is 739. The van der Waals surface area contributed by atoms with Crippen molar-refractivity contribution >= 4 is 21.8 Å². The molecule has 10 heteroatoms. The molecule has 20 heavy (non-hydrogen) atoms. The van der Waals surface area contributed by atoms with Crippen LogP contribution >= 0.6 is 0 Å². The minimum Gasteiger partial charge on any atom is -0.481 e. The number of anilines is 2. The second-order valence-electron chi connectivity index (χ2n) is 4.03. The molecule has 108 valence electrons. The molecule has 0 aliphatic rings. The normalized spacial score (nSPS) is 11.3. The average molecular weight is 298 g/mol. The predicted molar refractivity (Wildman–Crippen MR) is 71.7 cm³/mol. The van der Waals surface area contributed by atoms with Gasteiger partial charge in [0.25, 0.3) is 10.0 Å². The van der Waals surface area contributed by atoms with Crippen molar-refractivity contribution in [2.75, 3.05) is 17.6 Å². The third kappa shape index (κ3) is 2.79. The van der Waals surface area contributed by atoms with Crippen LogP contribution in [0.2, 0.25) is 0 Å². The van der Waals surface area contributed by atoms with E-state index in [4.69, 9.17) is 10.5 Å². The average Bonchev–Trinajstić information content (AvgIpc) is 2.67. The summed E-state index contributed by atoms with van der Waals surface area (Å²) in [5.74, 6) is 0.0686. The molecule has 0 fully saturated rings. The van der Waals surface area contributed by atoms with Crippen LogP contribution in [-0.4, -0.2) is 35.3 Å². The van der Waals surface area contributed by atoms with Gasteiger partial charge in [0, 0.05) is 25.0 Å². The summed E-state index contributed by atoms with van der Waals surface area (Å²) < 4.78 is 32.9. The molecule has 0 aliphatic heterocycles. The first-order valence-corrected chi connectivity index (χ1v) is 7.02. The molecule has 2 rings (SSSR count). The van der Waals surface area contributed by atoms with Crippen LogP contribution in [0.1, 0.15) is 5.69 Å². The molecule has 0 aromatic carbocycles. The molecule has 0 saturated carbocycles. The summed E-state index contributed by atoms with van der Waals surface area (Å²) in [4.78, 5) is 7.75. The number of hydrogen-bond acceptors (Lipinski definition) is 7. The van der Waals surface area contributed by atoms with Crippen molar-refractivity contribution in [1.29, 1.82) is 0 Å². The summed E-state index contributed by atoms with van der Waals surface area (Å²) in [5.41, 5.74) is 6.11. The first kappa shape index (κ1) is 14.1. The van der Waals surface area contributed by atoms with Crippen molar-refractivity contribution in [3.05, 3.63) is 18.0 Å². The lowest BCUT2D eigenvalue weighted by molar-refractivity contribution is 0.397. The topological polar surface area (TPSA) is 125 Å². The smallest absolute Gasteiger partial charge is 0.269 e. The van der Waals surface area contributed by atoms with E-state index in [1.165, 1.54) is 18.0 Å². The Morgan fingerprint density at radius 1 is 1.40 bits per heavy atom. The van der Waals surface area contributed by atoms with Gasteiger partial charge >= 0.3 is 0 Å². The maximum atomic E-state index is 12.2. The molecule has 2 aromatic heterocycles. The Labute approximate surface area is 115 Å². The van der Waals surface area contributed by atoms with Gasteiger partial charge in [0.05, 0.1) is 7.11 Å². The molecule has 0 atom stereocenters. The zero-order valence-corrected chi connectivity index (χ0v) is 12.0. The second-order valence-corrected chi connectivity index (χ2v) is 5.68. The summed E-state index contributed by atoms with van der Waals surface area (Å²) >= 11 is 0. The lowest BCUT2D eigenvalue weighted by Gasteiger charge is -2.07. The van der Waals surface area contributed by atoms with Gasteiger partial charge in [0.1, 0.15) is 4.90 Å². The van der Waals surface area contributed by atoms with Crippen LogP contribution < -0.4 is 15.2 Å². The molecular formula is C10H14N6O3S. The molecule has 2 aromatic rings. The van der Waals surface area contributed by atoms with Crippen molar-refractivity contribution < 1.29 is 13.2 Å². The van der Waals surface area contributed by atoms with E-state index in [9.17, 15) is 8.42 Å². The van der Waals surface area contributed by atoms with Crippen LogP contribution in [0.15, 0.2) is 17.2 Å². The second kappa shape index (κ2) is 4.96. The molecule has 0 spiro atoms. The van der Waals surface area contributed by atoms with Crippen molar-refractivity contribution in [2.24, 2.45) is 7.05 Å². The Balaban J connectivity index is 2.38. The van der Waals surface area contributed by atoms with E-state index in [1.54, 1.807) is 20.0 Å². The van der Waals surface area contributed by atoms with E-state index < -0.39 is 10.0 Å². The standard InChI is InChI=1S/C10H14N6O3S/c1-6-4-8(19-3)13-10(12-6)15-20(17,18)7-5-16(2)14-9(7)11/h4-5H,1-3H3,(H2,11,14)(H,12,13,15). The molecule has 0 amide bonds. The van der Waals surface area contributed by atoms with Crippen LogP contribution in [0.5, 0.6) is 5.88 Å². The molecule has 0 aliphatic carbocycles. The monoisotopic (exact) mass is 298 g/mol. The van der Waals surface area contributed by atoms with E-state index in [0.29, 0.717) is 5.69 Å². The van der Waals surface area contributed by atoms with Gasteiger partial charge in [-0.3, -0.25) is 4.68 Å². The quantitative estimate of drug-likeness (QED) is 0.808. The molecule has 0 unspecified atom stereocenters. The van der Waals surface area contributed by atoms with Crippen molar-refractivity contribution in [2.45, 2.75) is 11.8 Å². The van der Waals surface area contributed by atoms with E-state index in [2.05, 4.69) is 19.8 Å². The Kier molecular flexibility index (Phi) is 3.49. The number of nitrogens with two attached hydrogens (primary N) is 1.